The molecule has 1 fully saturated rings. The van der Waals surface area contributed by atoms with Gasteiger partial charge in [0, 0.05) is 62.4 Å². The van der Waals surface area contributed by atoms with Crippen molar-refractivity contribution in [1.82, 2.24) is 20.1 Å². The molecule has 0 radical (unpaired) electrons. The first-order valence-electron chi connectivity index (χ1n) is 17.5. The van der Waals surface area contributed by atoms with Gasteiger partial charge in [-0.3, -0.25) is 19.3 Å². The molecular weight excluding hydrogens is 690 g/mol. The number of pyridine rings is 1. The molecule has 13 nitrogen and oxygen atoms in total. The van der Waals surface area contributed by atoms with E-state index in [1.165, 1.54) is 6.08 Å². The number of aliphatic hydroxyl groups is 1. The summed E-state index contributed by atoms with van der Waals surface area (Å²) in [6.07, 6.45) is 5.03. The first-order chi connectivity index (χ1) is 25.2. The van der Waals surface area contributed by atoms with E-state index in [9.17, 15) is 19.5 Å². The molecule has 2 aliphatic rings. The van der Waals surface area contributed by atoms with Gasteiger partial charge < -0.3 is 40.0 Å². The summed E-state index contributed by atoms with van der Waals surface area (Å²) in [5.41, 5.74) is 9.73. The van der Waals surface area contributed by atoms with Crippen LogP contribution in [-0.2, 0) is 30.2 Å². The Hall–Kier alpha value is -4.53. The standard InChI is InChI=1S/C38H46ClN5O8/c1-2-51-36(47)12-18-50-20-19-49-17-11-35(46)43-13-15-44(16-14-43)38(48)28-7-5-27(6-8-28)29-21-30-22-31(52-37(30)32(39)23-29)25-42-34(45)10-4-26-3-9-33(40)41-24-26/h3-10,21,23-24,31,35,46H,2,11-20,22,25H2,1H3,(H2,40,41)(H,42,45)/b10-4+. The second-order valence-electron chi connectivity index (χ2n) is 12.4. The predicted octanol–water partition coefficient (Wildman–Crippen LogP) is 3.57. The highest BCUT2D eigenvalue weighted by Gasteiger charge is 2.28. The summed E-state index contributed by atoms with van der Waals surface area (Å²) in [5, 5.41) is 14.0. The number of piperazine rings is 1. The molecule has 2 unspecified atom stereocenters. The van der Waals surface area contributed by atoms with Gasteiger partial charge >= 0.3 is 5.97 Å². The number of aliphatic hydroxyl groups excluding tert-OH is 1. The normalized spacial score (nSPS) is 16.4. The number of hydrogen-bond donors (Lipinski definition) is 3. The van der Waals surface area contributed by atoms with E-state index in [2.05, 4.69) is 10.3 Å². The van der Waals surface area contributed by atoms with E-state index in [1.54, 1.807) is 36.2 Å². The van der Waals surface area contributed by atoms with Crippen molar-refractivity contribution in [2.75, 3.05) is 71.5 Å². The Kier molecular flexibility index (Phi) is 14.4. The minimum atomic E-state index is -0.666. The lowest BCUT2D eigenvalue weighted by Gasteiger charge is -2.37. The molecule has 4 N–H and O–H groups in total. The van der Waals surface area contributed by atoms with E-state index in [1.807, 2.05) is 41.3 Å². The molecule has 0 saturated carbocycles. The van der Waals surface area contributed by atoms with Gasteiger partial charge in [0.25, 0.3) is 5.91 Å². The van der Waals surface area contributed by atoms with Crippen LogP contribution in [0.3, 0.4) is 0 Å². The zero-order valence-electron chi connectivity index (χ0n) is 29.3. The molecule has 2 aromatic carbocycles. The number of amides is 2. The minimum absolute atomic E-state index is 0.0581. The fourth-order valence-corrected chi connectivity index (χ4v) is 6.20. The highest BCUT2D eigenvalue weighted by atomic mass is 35.5. The fourth-order valence-electron chi connectivity index (χ4n) is 5.92. The van der Waals surface area contributed by atoms with Crippen LogP contribution in [0.15, 0.2) is 60.8 Å². The van der Waals surface area contributed by atoms with E-state index >= 15 is 0 Å². The van der Waals surface area contributed by atoms with Crippen molar-refractivity contribution in [2.24, 2.45) is 0 Å². The summed E-state index contributed by atoms with van der Waals surface area (Å²) >= 11 is 6.63. The number of anilines is 1. The highest BCUT2D eigenvalue weighted by Crippen LogP contribution is 2.39. The summed E-state index contributed by atoms with van der Waals surface area (Å²) in [6, 6.07) is 14.8. The third-order valence-electron chi connectivity index (χ3n) is 8.73. The van der Waals surface area contributed by atoms with Crippen LogP contribution in [0.2, 0.25) is 5.02 Å². The number of hydrogen-bond acceptors (Lipinski definition) is 11. The van der Waals surface area contributed by atoms with Crippen molar-refractivity contribution >= 4 is 41.3 Å². The molecule has 278 valence electrons. The molecule has 0 aliphatic carbocycles. The van der Waals surface area contributed by atoms with Crippen LogP contribution in [0.1, 0.15) is 41.3 Å². The number of nitrogens with two attached hydrogens (primary N) is 1. The van der Waals surface area contributed by atoms with Crippen molar-refractivity contribution in [3.8, 4) is 16.9 Å². The molecule has 2 aliphatic heterocycles. The summed E-state index contributed by atoms with van der Waals surface area (Å²) < 4.78 is 21.8. The molecule has 2 atom stereocenters. The summed E-state index contributed by atoms with van der Waals surface area (Å²) in [7, 11) is 0. The molecule has 3 aromatic rings. The van der Waals surface area contributed by atoms with Crippen LogP contribution < -0.4 is 15.8 Å². The smallest absolute Gasteiger partial charge is 0.308 e. The maximum Gasteiger partial charge on any atom is 0.308 e. The SMILES string of the molecule is CCOC(=O)CCOCCOCCC(O)N1CCN(C(=O)c2ccc(-c3cc(Cl)c4c(c3)CC(CNC(=O)/C=C/c3ccc(N)nc3)O4)cc2)CC1. The van der Waals surface area contributed by atoms with Crippen LogP contribution in [-0.4, -0.2) is 116 Å². The van der Waals surface area contributed by atoms with E-state index in [-0.39, 0.29) is 36.9 Å². The lowest BCUT2D eigenvalue weighted by Crippen LogP contribution is -2.52. The number of nitrogens with zero attached hydrogens (tertiary/aromatic N) is 3. The van der Waals surface area contributed by atoms with Crippen LogP contribution in [0, 0.1) is 0 Å². The molecule has 0 spiro atoms. The largest absolute Gasteiger partial charge is 0.486 e. The number of benzene rings is 2. The average molecular weight is 736 g/mol. The van der Waals surface area contributed by atoms with Gasteiger partial charge in [0.15, 0.2) is 0 Å². The second kappa shape index (κ2) is 19.3. The third-order valence-corrected chi connectivity index (χ3v) is 9.01. The number of fused-ring (bicyclic) bond motifs is 1. The van der Waals surface area contributed by atoms with Gasteiger partial charge in [-0.15, -0.1) is 0 Å². The lowest BCUT2D eigenvalue weighted by molar-refractivity contribution is -0.144. The lowest BCUT2D eigenvalue weighted by atomic mass is 9.99. The topological polar surface area (TPSA) is 166 Å². The van der Waals surface area contributed by atoms with E-state index in [0.29, 0.717) is 94.1 Å². The Labute approximate surface area is 308 Å². The number of nitrogens with one attached hydrogen (secondary N) is 1. The Balaban J connectivity index is 1.02. The Morgan fingerprint density at radius 1 is 1.04 bits per heavy atom. The minimum Gasteiger partial charge on any atom is -0.486 e. The van der Waals surface area contributed by atoms with Crippen molar-refractivity contribution in [3.05, 3.63) is 82.5 Å². The summed E-state index contributed by atoms with van der Waals surface area (Å²) in [4.78, 5) is 44.7. The molecule has 0 bridgehead atoms. The zero-order valence-corrected chi connectivity index (χ0v) is 30.1. The average Bonchev–Trinajstić information content (AvgIpc) is 3.58. The fraction of sp³-hybridized carbons (Fsp3) is 0.421. The molecule has 5 rings (SSSR count). The number of halogens is 1. The van der Waals surface area contributed by atoms with Gasteiger partial charge in [-0.05, 0) is 66.1 Å². The third kappa shape index (κ3) is 11.2. The molecule has 14 heteroatoms. The van der Waals surface area contributed by atoms with Gasteiger partial charge in [0.1, 0.15) is 23.9 Å². The summed E-state index contributed by atoms with van der Waals surface area (Å²) in [6.45, 7) is 5.95. The zero-order chi connectivity index (χ0) is 36.9. The molecule has 1 saturated heterocycles. The van der Waals surface area contributed by atoms with Crippen molar-refractivity contribution in [1.29, 1.82) is 0 Å². The van der Waals surface area contributed by atoms with E-state index in [4.69, 9.17) is 36.3 Å². The van der Waals surface area contributed by atoms with Crippen molar-refractivity contribution < 1.29 is 38.4 Å². The highest BCUT2D eigenvalue weighted by molar-refractivity contribution is 6.32. The maximum atomic E-state index is 13.3. The van der Waals surface area contributed by atoms with Gasteiger partial charge in [-0.1, -0.05) is 23.7 Å². The number of carbonyl (C=O) groups is 3. The number of rotatable bonds is 17. The van der Waals surface area contributed by atoms with Crippen LogP contribution >= 0.6 is 11.6 Å². The number of aromatic nitrogens is 1. The van der Waals surface area contributed by atoms with Crippen LogP contribution in [0.5, 0.6) is 5.75 Å². The Morgan fingerprint density at radius 3 is 2.50 bits per heavy atom. The number of carbonyl (C=O) groups excluding carboxylic acids is 3. The molecular formula is C38H46ClN5O8. The van der Waals surface area contributed by atoms with Gasteiger partial charge in [0.2, 0.25) is 5.91 Å². The van der Waals surface area contributed by atoms with Gasteiger partial charge in [-0.25, -0.2) is 4.98 Å². The van der Waals surface area contributed by atoms with Crippen LogP contribution in [0.25, 0.3) is 17.2 Å². The molecule has 52 heavy (non-hydrogen) atoms. The second-order valence-corrected chi connectivity index (χ2v) is 12.8. The van der Waals surface area contributed by atoms with E-state index in [0.717, 1.165) is 22.3 Å². The first-order valence-corrected chi connectivity index (χ1v) is 17.9. The Bertz CT molecular complexity index is 1680. The monoisotopic (exact) mass is 735 g/mol. The maximum absolute atomic E-state index is 13.3. The molecule has 1 aromatic heterocycles. The Morgan fingerprint density at radius 2 is 1.79 bits per heavy atom. The van der Waals surface area contributed by atoms with Gasteiger partial charge in [0.05, 0.1) is 51.0 Å². The number of nitrogen functional groups attached to an aromatic ring is 1. The summed E-state index contributed by atoms with van der Waals surface area (Å²) in [5.74, 6) is 0.443. The van der Waals surface area contributed by atoms with Crippen molar-refractivity contribution in [3.63, 3.8) is 0 Å². The first kappa shape index (κ1) is 38.7. The van der Waals surface area contributed by atoms with E-state index < -0.39 is 6.23 Å². The number of ether oxygens (including phenoxy) is 4. The van der Waals surface area contributed by atoms with Crippen molar-refractivity contribution in [2.45, 2.75) is 38.5 Å². The quantitative estimate of drug-likeness (QED) is 0.105. The molecule has 2 amide bonds. The number of esters is 1. The predicted molar refractivity (Wildman–Crippen MR) is 197 cm³/mol. The van der Waals surface area contributed by atoms with Crippen LogP contribution in [0.4, 0.5) is 5.82 Å². The molecule has 3 heterocycles. The van der Waals surface area contributed by atoms with Gasteiger partial charge in [-0.2, -0.15) is 0 Å².